The average Bonchev–Trinajstić information content (AvgIpc) is 3.80. The largest absolute Gasteiger partial charge is 0.492 e. The number of likely N-dealkylation sites (N-methyl/N-ethyl adjacent to an activating group) is 1. The molecule has 0 spiro atoms. The fourth-order valence-corrected chi connectivity index (χ4v) is 5.93. The van der Waals surface area contributed by atoms with Crippen LogP contribution < -0.4 is 10.1 Å². The average molecular weight is 620 g/mol. The number of nitrogens with one attached hydrogen (secondary N) is 3. The Morgan fingerprint density at radius 2 is 1.80 bits per heavy atom. The Morgan fingerprint density at radius 1 is 0.957 bits per heavy atom. The van der Waals surface area contributed by atoms with Crippen LogP contribution in [0.4, 0.5) is 10.1 Å². The monoisotopic (exact) mass is 619 g/mol. The van der Waals surface area contributed by atoms with Crippen LogP contribution in [0.3, 0.4) is 0 Å². The number of pyridine rings is 3. The molecule has 12 heteroatoms. The molecule has 0 bridgehead atoms. The van der Waals surface area contributed by atoms with Gasteiger partial charge in [-0.05, 0) is 75.9 Å². The quantitative estimate of drug-likeness (QED) is 0.187. The van der Waals surface area contributed by atoms with Gasteiger partial charge in [0.15, 0.2) is 0 Å². The molecule has 1 fully saturated rings. The maximum Gasteiger partial charge on any atom is 0.238 e. The molecule has 0 atom stereocenters. The standard InChI is InChI=1S/C34H34FN9O2/c1-43(2)20-33(45)39-24-10-22(15-36-16-24)29-14-27-32(19-38-29)41-42-34(27)30-13-26-28(17-37-18-31(26)40-30)21-9-23(35)12-25(11-21)46-8-7-44-5-3-4-6-44/h9-19,40H,3-8,20H2,1-2H3,(H,39,45)(H,41,42). The van der Waals surface area contributed by atoms with E-state index in [1.807, 2.05) is 38.4 Å². The number of amides is 1. The predicted molar refractivity (Wildman–Crippen MR) is 176 cm³/mol. The number of aromatic nitrogens is 6. The van der Waals surface area contributed by atoms with Gasteiger partial charge in [-0.2, -0.15) is 5.10 Å². The van der Waals surface area contributed by atoms with E-state index >= 15 is 0 Å². The molecule has 234 valence electrons. The zero-order valence-corrected chi connectivity index (χ0v) is 25.7. The van der Waals surface area contributed by atoms with E-state index in [0.29, 0.717) is 35.0 Å². The van der Waals surface area contributed by atoms with Gasteiger partial charge < -0.3 is 19.9 Å². The van der Waals surface area contributed by atoms with Crippen molar-refractivity contribution in [1.29, 1.82) is 0 Å². The van der Waals surface area contributed by atoms with Gasteiger partial charge in [0.05, 0.1) is 53.2 Å². The Labute approximate surface area is 264 Å². The highest BCUT2D eigenvalue weighted by atomic mass is 19.1. The molecule has 11 nitrogen and oxygen atoms in total. The molecule has 5 aromatic heterocycles. The van der Waals surface area contributed by atoms with Gasteiger partial charge in [-0.3, -0.25) is 29.7 Å². The molecular formula is C34H34FN9O2. The number of carbonyl (C=O) groups excluding carboxylic acids is 1. The lowest BCUT2D eigenvalue weighted by molar-refractivity contribution is -0.116. The molecule has 0 radical (unpaired) electrons. The summed E-state index contributed by atoms with van der Waals surface area (Å²) < 4.78 is 20.8. The number of rotatable bonds is 10. The van der Waals surface area contributed by atoms with Crippen molar-refractivity contribution in [3.05, 3.63) is 73.2 Å². The maximum absolute atomic E-state index is 14.8. The Morgan fingerprint density at radius 3 is 2.65 bits per heavy atom. The summed E-state index contributed by atoms with van der Waals surface area (Å²) in [5, 5.41) is 12.3. The Kier molecular flexibility index (Phi) is 8.12. The number of likely N-dealkylation sites (tertiary alicyclic amines) is 1. The van der Waals surface area contributed by atoms with Crippen LogP contribution in [-0.4, -0.2) is 92.7 Å². The third-order valence-corrected chi connectivity index (χ3v) is 8.08. The van der Waals surface area contributed by atoms with Gasteiger partial charge in [0.2, 0.25) is 5.91 Å². The van der Waals surface area contributed by atoms with Crippen LogP contribution >= 0.6 is 0 Å². The number of anilines is 1. The van der Waals surface area contributed by atoms with E-state index in [4.69, 9.17) is 4.74 Å². The van der Waals surface area contributed by atoms with E-state index in [9.17, 15) is 9.18 Å². The molecule has 46 heavy (non-hydrogen) atoms. The zero-order valence-electron chi connectivity index (χ0n) is 25.7. The molecule has 1 aliphatic rings. The fraction of sp³-hybridized carbons (Fsp3) is 0.265. The Balaban J connectivity index is 1.18. The molecule has 0 unspecified atom stereocenters. The number of halogens is 1. The normalized spacial score (nSPS) is 13.7. The van der Waals surface area contributed by atoms with Crippen molar-refractivity contribution in [1.82, 2.24) is 39.9 Å². The fourth-order valence-electron chi connectivity index (χ4n) is 5.93. The second kappa shape index (κ2) is 12.7. The van der Waals surface area contributed by atoms with Crippen molar-refractivity contribution < 1.29 is 13.9 Å². The highest BCUT2D eigenvalue weighted by Crippen LogP contribution is 2.35. The summed E-state index contributed by atoms with van der Waals surface area (Å²) in [6.07, 6.45) is 11.0. The smallest absolute Gasteiger partial charge is 0.238 e. The Hall–Kier alpha value is -5.20. The SMILES string of the molecule is CN(C)CC(=O)Nc1cncc(-c2cc3c(-c4cc5c(-c6cc(F)cc(OCCN7CCCC7)c6)cncc5[nH]4)n[nH]c3cn2)c1. The number of benzene rings is 1. The summed E-state index contributed by atoms with van der Waals surface area (Å²) in [5.74, 6) is 0.00311. The molecular weight excluding hydrogens is 585 g/mol. The first-order chi connectivity index (χ1) is 22.4. The van der Waals surface area contributed by atoms with Gasteiger partial charge in [0.1, 0.15) is 23.9 Å². The molecule has 3 N–H and O–H groups in total. The van der Waals surface area contributed by atoms with Crippen molar-refractivity contribution in [3.8, 4) is 39.5 Å². The molecule has 1 saturated heterocycles. The van der Waals surface area contributed by atoms with Crippen LogP contribution in [0.15, 0.2) is 67.4 Å². The number of ether oxygens (including phenoxy) is 1. The van der Waals surface area contributed by atoms with Crippen LogP contribution in [0, 0.1) is 5.82 Å². The molecule has 1 aliphatic heterocycles. The molecule has 0 aliphatic carbocycles. The van der Waals surface area contributed by atoms with E-state index in [1.54, 1.807) is 35.9 Å². The minimum Gasteiger partial charge on any atom is -0.492 e. The van der Waals surface area contributed by atoms with Crippen molar-refractivity contribution in [2.75, 3.05) is 52.2 Å². The lowest BCUT2D eigenvalue weighted by Gasteiger charge is -2.15. The van der Waals surface area contributed by atoms with E-state index < -0.39 is 0 Å². The van der Waals surface area contributed by atoms with Gasteiger partial charge in [-0.15, -0.1) is 0 Å². The minimum atomic E-state index is -0.365. The first-order valence-corrected chi connectivity index (χ1v) is 15.3. The summed E-state index contributed by atoms with van der Waals surface area (Å²) in [5.41, 5.74) is 6.53. The van der Waals surface area contributed by atoms with E-state index in [0.717, 1.165) is 58.3 Å². The van der Waals surface area contributed by atoms with Crippen molar-refractivity contribution >= 4 is 33.4 Å². The molecule has 1 aromatic carbocycles. The minimum absolute atomic E-state index is 0.128. The Bertz CT molecular complexity index is 2030. The second-order valence-corrected chi connectivity index (χ2v) is 11.8. The van der Waals surface area contributed by atoms with E-state index in [1.165, 1.54) is 25.0 Å². The summed E-state index contributed by atoms with van der Waals surface area (Å²) >= 11 is 0. The van der Waals surface area contributed by atoms with Gasteiger partial charge in [0.25, 0.3) is 0 Å². The number of fused-ring (bicyclic) bond motifs is 2. The number of carbonyl (C=O) groups is 1. The van der Waals surface area contributed by atoms with Crippen LogP contribution in [-0.2, 0) is 4.79 Å². The van der Waals surface area contributed by atoms with Crippen LogP contribution in [0.2, 0.25) is 0 Å². The highest BCUT2D eigenvalue weighted by molar-refractivity contribution is 6.01. The third kappa shape index (κ3) is 6.30. The summed E-state index contributed by atoms with van der Waals surface area (Å²) in [7, 11) is 3.68. The van der Waals surface area contributed by atoms with E-state index in [-0.39, 0.29) is 18.3 Å². The zero-order chi connectivity index (χ0) is 31.6. The van der Waals surface area contributed by atoms with Crippen LogP contribution in [0.5, 0.6) is 5.75 Å². The lowest BCUT2D eigenvalue weighted by Crippen LogP contribution is -2.27. The highest BCUT2D eigenvalue weighted by Gasteiger charge is 2.17. The topological polar surface area (TPSA) is 128 Å². The van der Waals surface area contributed by atoms with Gasteiger partial charge >= 0.3 is 0 Å². The van der Waals surface area contributed by atoms with Gasteiger partial charge in [-0.1, -0.05) is 0 Å². The molecule has 6 aromatic rings. The first kappa shape index (κ1) is 29.5. The number of nitrogens with zero attached hydrogens (tertiary/aromatic N) is 6. The summed E-state index contributed by atoms with van der Waals surface area (Å²) in [4.78, 5) is 33.2. The summed E-state index contributed by atoms with van der Waals surface area (Å²) in [6, 6.07) is 10.6. The second-order valence-electron chi connectivity index (χ2n) is 11.8. The molecule has 7 rings (SSSR count). The maximum atomic E-state index is 14.8. The van der Waals surface area contributed by atoms with Crippen molar-refractivity contribution in [2.24, 2.45) is 0 Å². The van der Waals surface area contributed by atoms with E-state index in [2.05, 4.69) is 40.3 Å². The van der Waals surface area contributed by atoms with Crippen molar-refractivity contribution in [2.45, 2.75) is 12.8 Å². The molecule has 1 amide bonds. The van der Waals surface area contributed by atoms with Gasteiger partial charge in [-0.25, -0.2) is 4.39 Å². The number of hydrogen-bond acceptors (Lipinski definition) is 8. The first-order valence-electron chi connectivity index (χ1n) is 15.3. The predicted octanol–water partition coefficient (Wildman–Crippen LogP) is 5.34. The number of hydrogen-bond donors (Lipinski definition) is 3. The van der Waals surface area contributed by atoms with Crippen LogP contribution in [0.25, 0.3) is 55.6 Å². The molecule has 0 saturated carbocycles. The number of H-pyrrole nitrogens is 2. The summed E-state index contributed by atoms with van der Waals surface area (Å²) in [6.45, 7) is 3.78. The molecule has 6 heterocycles. The lowest BCUT2D eigenvalue weighted by atomic mass is 10.0. The van der Waals surface area contributed by atoms with Crippen LogP contribution in [0.1, 0.15) is 12.8 Å². The number of aromatic amines is 2. The van der Waals surface area contributed by atoms with Crippen molar-refractivity contribution in [3.63, 3.8) is 0 Å². The van der Waals surface area contributed by atoms with Gasteiger partial charge in [0, 0.05) is 46.9 Å². The third-order valence-electron chi connectivity index (χ3n) is 8.08.